The number of hydrogen-bond acceptors (Lipinski definition) is 2. The van der Waals surface area contributed by atoms with Crippen molar-refractivity contribution >= 4 is 18.3 Å². The van der Waals surface area contributed by atoms with E-state index in [0.29, 0.717) is 11.9 Å². The molecule has 2 bridgehead atoms. The summed E-state index contributed by atoms with van der Waals surface area (Å²) >= 11 is 0. The van der Waals surface area contributed by atoms with E-state index in [0.717, 1.165) is 55.5 Å². The summed E-state index contributed by atoms with van der Waals surface area (Å²) < 4.78 is 0. The van der Waals surface area contributed by atoms with Crippen molar-refractivity contribution in [2.24, 2.45) is 29.6 Å². The van der Waals surface area contributed by atoms with Gasteiger partial charge in [-0.1, -0.05) is 6.42 Å². The number of rotatable bonds is 4. The fraction of sp³-hybridized carbons (Fsp3) is 0.941. The quantitative estimate of drug-likeness (QED) is 0.838. The molecule has 4 aliphatic rings. The molecule has 3 aliphatic carbocycles. The van der Waals surface area contributed by atoms with Crippen molar-refractivity contribution in [3.8, 4) is 0 Å². The predicted molar refractivity (Wildman–Crippen MR) is 86.4 cm³/mol. The van der Waals surface area contributed by atoms with Crippen molar-refractivity contribution in [1.82, 2.24) is 10.6 Å². The highest BCUT2D eigenvalue weighted by atomic mass is 35.5. The second-order valence-electron chi connectivity index (χ2n) is 7.73. The second-order valence-corrected chi connectivity index (χ2v) is 7.73. The zero-order valence-electron chi connectivity index (χ0n) is 12.9. The third-order valence-corrected chi connectivity index (χ3v) is 6.72. The Morgan fingerprint density at radius 3 is 2.76 bits per heavy atom. The molecule has 4 heteroatoms. The minimum Gasteiger partial charge on any atom is -0.353 e. The van der Waals surface area contributed by atoms with Crippen molar-refractivity contribution in [3.63, 3.8) is 0 Å². The van der Waals surface area contributed by atoms with E-state index in [1.165, 1.54) is 38.5 Å². The Morgan fingerprint density at radius 2 is 1.95 bits per heavy atom. The van der Waals surface area contributed by atoms with Gasteiger partial charge >= 0.3 is 0 Å². The third-order valence-electron chi connectivity index (χ3n) is 6.72. The van der Waals surface area contributed by atoms with Crippen molar-refractivity contribution < 1.29 is 4.79 Å². The van der Waals surface area contributed by atoms with Gasteiger partial charge < -0.3 is 10.6 Å². The van der Waals surface area contributed by atoms with Gasteiger partial charge in [0.2, 0.25) is 5.91 Å². The van der Waals surface area contributed by atoms with Crippen LogP contribution in [-0.4, -0.2) is 25.0 Å². The van der Waals surface area contributed by atoms with Crippen LogP contribution in [0.4, 0.5) is 0 Å². The van der Waals surface area contributed by atoms with Crippen molar-refractivity contribution in [3.05, 3.63) is 0 Å². The number of fused-ring (bicyclic) bond motifs is 5. The predicted octanol–water partition coefficient (Wildman–Crippen LogP) is 2.74. The number of halogens is 1. The molecule has 3 nitrogen and oxygen atoms in total. The molecule has 0 aromatic carbocycles. The van der Waals surface area contributed by atoms with E-state index in [4.69, 9.17) is 0 Å². The van der Waals surface area contributed by atoms with E-state index in [1.54, 1.807) is 0 Å². The van der Waals surface area contributed by atoms with Gasteiger partial charge in [0.1, 0.15) is 0 Å². The molecule has 1 amide bonds. The molecule has 6 atom stereocenters. The number of carbonyl (C=O) groups excluding carboxylic acids is 1. The lowest BCUT2D eigenvalue weighted by atomic mass is 9.79. The van der Waals surface area contributed by atoms with E-state index in [1.807, 2.05) is 0 Å². The fourth-order valence-corrected chi connectivity index (χ4v) is 5.81. The standard InChI is InChI=1S/C17H28N2O.ClH/c20-17(5-4-11-6-7-18-10-11)19-16-9-12-8-15(16)14-3-1-2-13(12)14;/h11-16,18H,1-10H2,(H,19,20);1H. The first-order chi connectivity index (χ1) is 9.81. The third kappa shape index (κ3) is 2.96. The zero-order valence-corrected chi connectivity index (χ0v) is 13.7. The molecule has 0 spiro atoms. The molecular weight excluding hydrogens is 284 g/mol. The summed E-state index contributed by atoms with van der Waals surface area (Å²) in [6, 6.07) is 0.522. The summed E-state index contributed by atoms with van der Waals surface area (Å²) in [4.78, 5) is 12.2. The molecule has 0 aromatic heterocycles. The molecule has 0 aromatic rings. The Bertz CT molecular complexity index is 383. The summed E-state index contributed by atoms with van der Waals surface area (Å²) in [5.74, 6) is 4.81. The highest BCUT2D eigenvalue weighted by molar-refractivity contribution is 5.85. The topological polar surface area (TPSA) is 41.1 Å². The SMILES string of the molecule is Cl.O=C(CCC1CCNC1)NC1CC2CC1C1CCCC21. The smallest absolute Gasteiger partial charge is 0.220 e. The molecule has 4 rings (SSSR count). The molecule has 1 saturated heterocycles. The van der Waals surface area contributed by atoms with Crippen LogP contribution < -0.4 is 10.6 Å². The van der Waals surface area contributed by atoms with Gasteiger partial charge in [-0.3, -0.25) is 4.79 Å². The monoisotopic (exact) mass is 312 g/mol. The molecule has 0 radical (unpaired) electrons. The highest BCUT2D eigenvalue weighted by Gasteiger charge is 2.53. The lowest BCUT2D eigenvalue weighted by Gasteiger charge is -2.32. The van der Waals surface area contributed by atoms with E-state index in [-0.39, 0.29) is 12.4 Å². The average Bonchev–Trinajstić information content (AvgIpc) is 3.18. The maximum Gasteiger partial charge on any atom is 0.220 e. The second kappa shape index (κ2) is 6.45. The number of nitrogens with one attached hydrogen (secondary N) is 2. The highest BCUT2D eigenvalue weighted by Crippen LogP contribution is 2.58. The molecule has 4 fully saturated rings. The van der Waals surface area contributed by atoms with Gasteiger partial charge in [-0.2, -0.15) is 0 Å². The summed E-state index contributed by atoms with van der Waals surface area (Å²) in [6.45, 7) is 2.26. The number of hydrogen-bond donors (Lipinski definition) is 2. The van der Waals surface area contributed by atoms with Gasteiger partial charge in [0.05, 0.1) is 0 Å². The van der Waals surface area contributed by atoms with Crippen LogP contribution in [0.3, 0.4) is 0 Å². The Morgan fingerprint density at radius 1 is 1.10 bits per heavy atom. The largest absolute Gasteiger partial charge is 0.353 e. The molecule has 3 saturated carbocycles. The van der Waals surface area contributed by atoms with Crippen LogP contribution in [0.1, 0.15) is 51.4 Å². The maximum absolute atomic E-state index is 12.2. The van der Waals surface area contributed by atoms with Crippen LogP contribution in [0.2, 0.25) is 0 Å². The van der Waals surface area contributed by atoms with Crippen LogP contribution >= 0.6 is 12.4 Å². The lowest BCUT2D eigenvalue weighted by molar-refractivity contribution is -0.122. The van der Waals surface area contributed by atoms with E-state index < -0.39 is 0 Å². The molecule has 1 aliphatic heterocycles. The molecular formula is C17H29ClN2O. The van der Waals surface area contributed by atoms with Crippen LogP contribution in [0, 0.1) is 29.6 Å². The number of carbonyl (C=O) groups is 1. The Labute approximate surface area is 134 Å². The summed E-state index contributed by atoms with van der Waals surface area (Å²) in [7, 11) is 0. The van der Waals surface area contributed by atoms with Crippen molar-refractivity contribution in [2.75, 3.05) is 13.1 Å². The van der Waals surface area contributed by atoms with Crippen LogP contribution in [0.15, 0.2) is 0 Å². The van der Waals surface area contributed by atoms with E-state index >= 15 is 0 Å². The summed E-state index contributed by atoms with van der Waals surface area (Å²) in [6.07, 6.45) is 10.1. The normalized spacial score (nSPS) is 43.6. The molecule has 1 heterocycles. The van der Waals surface area contributed by atoms with Gasteiger partial charge in [-0.25, -0.2) is 0 Å². The van der Waals surface area contributed by atoms with Crippen LogP contribution in [0.5, 0.6) is 0 Å². The fourth-order valence-electron chi connectivity index (χ4n) is 5.81. The molecule has 21 heavy (non-hydrogen) atoms. The van der Waals surface area contributed by atoms with E-state index in [9.17, 15) is 4.79 Å². The van der Waals surface area contributed by atoms with E-state index in [2.05, 4.69) is 10.6 Å². The van der Waals surface area contributed by atoms with Gasteiger partial charge in [0.25, 0.3) is 0 Å². The minimum atomic E-state index is 0. The van der Waals surface area contributed by atoms with Crippen LogP contribution in [0.25, 0.3) is 0 Å². The van der Waals surface area contributed by atoms with Crippen LogP contribution in [-0.2, 0) is 4.79 Å². The Hall–Kier alpha value is -0.280. The zero-order chi connectivity index (χ0) is 13.5. The van der Waals surface area contributed by atoms with Gasteiger partial charge in [-0.05, 0) is 81.2 Å². The lowest BCUT2D eigenvalue weighted by Crippen LogP contribution is -2.42. The maximum atomic E-state index is 12.2. The average molecular weight is 313 g/mol. The molecule has 120 valence electrons. The van der Waals surface area contributed by atoms with Crippen molar-refractivity contribution in [2.45, 2.75) is 57.4 Å². The molecule has 6 unspecified atom stereocenters. The summed E-state index contributed by atoms with van der Waals surface area (Å²) in [5.41, 5.74) is 0. The summed E-state index contributed by atoms with van der Waals surface area (Å²) in [5, 5.41) is 6.77. The van der Waals surface area contributed by atoms with Crippen molar-refractivity contribution in [1.29, 1.82) is 0 Å². The molecule has 2 N–H and O–H groups in total. The van der Waals surface area contributed by atoms with Gasteiger partial charge in [0.15, 0.2) is 0 Å². The first-order valence-corrected chi connectivity index (χ1v) is 8.81. The van der Waals surface area contributed by atoms with Gasteiger partial charge in [0, 0.05) is 12.5 Å². The Balaban J connectivity index is 0.00000132. The minimum absolute atomic E-state index is 0. The first-order valence-electron chi connectivity index (χ1n) is 8.81. The van der Waals surface area contributed by atoms with Gasteiger partial charge in [-0.15, -0.1) is 12.4 Å². The first kappa shape index (κ1) is 15.6. The number of amides is 1. The Kier molecular flexibility index (Phi) is 4.80.